The van der Waals surface area contributed by atoms with Gasteiger partial charge < -0.3 is 0 Å². The first kappa shape index (κ1) is 28.7. The fourth-order valence-corrected chi connectivity index (χ4v) is 6.86. The van der Waals surface area contributed by atoms with Gasteiger partial charge in [-0.1, -0.05) is 151 Å². The number of nitrogens with zero attached hydrogens (tertiary/aromatic N) is 3. The minimum atomic E-state index is 0.637. The van der Waals surface area contributed by atoms with Gasteiger partial charge in [-0.05, 0) is 85.8 Å². The monoisotopic (exact) mass is 625 g/mol. The number of hydrogen-bond donors (Lipinski definition) is 0. The predicted molar refractivity (Wildman–Crippen MR) is 204 cm³/mol. The summed E-state index contributed by atoms with van der Waals surface area (Å²) in [5.41, 5.74) is 8.60. The maximum Gasteiger partial charge on any atom is 0.164 e. The molecule has 0 radical (unpaired) electrons. The van der Waals surface area contributed by atoms with Gasteiger partial charge in [0.15, 0.2) is 17.5 Å². The van der Waals surface area contributed by atoms with E-state index in [0.29, 0.717) is 17.5 Å². The molecule has 0 aliphatic rings. The Hall–Kier alpha value is -6.45. The van der Waals surface area contributed by atoms with Gasteiger partial charge in [0.2, 0.25) is 0 Å². The molecule has 9 aromatic rings. The first-order valence-electron chi connectivity index (χ1n) is 16.6. The van der Waals surface area contributed by atoms with Crippen molar-refractivity contribution in [3.8, 4) is 56.4 Å². The van der Waals surface area contributed by atoms with Crippen LogP contribution in [0.5, 0.6) is 0 Å². The summed E-state index contributed by atoms with van der Waals surface area (Å²) in [6.07, 6.45) is 0. The molecule has 0 bridgehead atoms. The van der Waals surface area contributed by atoms with Crippen LogP contribution in [0.4, 0.5) is 0 Å². The average Bonchev–Trinajstić information content (AvgIpc) is 3.18. The maximum atomic E-state index is 5.11. The highest BCUT2D eigenvalue weighted by Crippen LogP contribution is 2.40. The second-order valence-corrected chi connectivity index (χ2v) is 12.6. The molecule has 0 N–H and O–H groups in total. The Labute approximate surface area is 285 Å². The van der Waals surface area contributed by atoms with E-state index in [0.717, 1.165) is 33.4 Å². The number of rotatable bonds is 5. The van der Waals surface area contributed by atoms with E-state index in [2.05, 4.69) is 116 Å². The molecule has 0 aliphatic heterocycles. The van der Waals surface area contributed by atoms with Crippen molar-refractivity contribution in [2.45, 2.75) is 6.92 Å². The van der Waals surface area contributed by atoms with Gasteiger partial charge in [0.1, 0.15) is 0 Å². The Morgan fingerprint density at radius 1 is 0.306 bits per heavy atom. The summed E-state index contributed by atoms with van der Waals surface area (Å²) < 4.78 is 0. The Kier molecular flexibility index (Phi) is 7.02. The van der Waals surface area contributed by atoms with E-state index >= 15 is 0 Å². The van der Waals surface area contributed by atoms with Crippen LogP contribution in [0, 0.1) is 6.92 Å². The van der Waals surface area contributed by atoms with E-state index in [1.54, 1.807) is 0 Å². The molecule has 0 spiro atoms. The molecule has 0 saturated carbocycles. The molecule has 0 saturated heterocycles. The van der Waals surface area contributed by atoms with Gasteiger partial charge in [0.25, 0.3) is 0 Å². The van der Waals surface area contributed by atoms with Crippen molar-refractivity contribution in [1.82, 2.24) is 15.0 Å². The van der Waals surface area contributed by atoms with Crippen LogP contribution >= 0.6 is 0 Å². The van der Waals surface area contributed by atoms with E-state index in [4.69, 9.17) is 15.0 Å². The van der Waals surface area contributed by atoms with Crippen LogP contribution in [0.15, 0.2) is 170 Å². The molecule has 0 atom stereocenters. The number of aryl methyl sites for hydroxylation is 1. The quantitative estimate of drug-likeness (QED) is 0.179. The van der Waals surface area contributed by atoms with Crippen LogP contribution in [0.3, 0.4) is 0 Å². The second-order valence-electron chi connectivity index (χ2n) is 12.6. The minimum Gasteiger partial charge on any atom is -0.208 e. The van der Waals surface area contributed by atoms with Gasteiger partial charge >= 0.3 is 0 Å². The van der Waals surface area contributed by atoms with Crippen LogP contribution in [-0.4, -0.2) is 15.0 Å². The minimum absolute atomic E-state index is 0.637. The third-order valence-corrected chi connectivity index (χ3v) is 9.35. The number of aromatic nitrogens is 3. The molecule has 0 amide bonds. The summed E-state index contributed by atoms with van der Waals surface area (Å²) in [4.78, 5) is 15.2. The molecule has 230 valence electrons. The van der Waals surface area contributed by atoms with Crippen LogP contribution in [-0.2, 0) is 0 Å². The lowest BCUT2D eigenvalue weighted by Crippen LogP contribution is -2.00. The highest BCUT2D eigenvalue weighted by Gasteiger charge is 2.17. The second kappa shape index (κ2) is 12.0. The lowest BCUT2D eigenvalue weighted by Gasteiger charge is -2.16. The first-order valence-corrected chi connectivity index (χ1v) is 16.6. The zero-order chi connectivity index (χ0) is 32.7. The van der Waals surface area contributed by atoms with Crippen LogP contribution in [0.2, 0.25) is 0 Å². The summed E-state index contributed by atoms with van der Waals surface area (Å²) in [6.45, 7) is 2.12. The van der Waals surface area contributed by atoms with E-state index < -0.39 is 0 Å². The Balaban J connectivity index is 1.34. The van der Waals surface area contributed by atoms with Crippen molar-refractivity contribution < 1.29 is 0 Å². The zero-order valence-corrected chi connectivity index (χ0v) is 27.0. The molecule has 49 heavy (non-hydrogen) atoms. The standard InChI is InChI=1S/C46H31N3/c1-30-20-22-31(23-21-30)35-26-36(42-29-43-38-17-9-8-12-32(38)24-25-41(43)39-18-10-11-19-40(39)42)28-37(27-35)46-48-44(33-13-4-2-5-14-33)47-45(49-46)34-15-6-3-7-16-34/h2-29H,1H3. The third kappa shape index (κ3) is 5.32. The summed E-state index contributed by atoms with van der Waals surface area (Å²) in [6, 6.07) is 60.1. The normalized spacial score (nSPS) is 11.4. The van der Waals surface area contributed by atoms with E-state index in [1.165, 1.54) is 43.4 Å². The van der Waals surface area contributed by atoms with Crippen LogP contribution < -0.4 is 0 Å². The van der Waals surface area contributed by atoms with Crippen molar-refractivity contribution >= 4 is 32.3 Å². The van der Waals surface area contributed by atoms with E-state index in [9.17, 15) is 0 Å². The predicted octanol–water partition coefficient (Wildman–Crippen LogP) is 12.0. The summed E-state index contributed by atoms with van der Waals surface area (Å²) in [7, 11) is 0. The Bertz CT molecular complexity index is 2590. The highest BCUT2D eigenvalue weighted by molar-refractivity contribution is 6.21. The lowest BCUT2D eigenvalue weighted by molar-refractivity contribution is 1.07. The van der Waals surface area contributed by atoms with Crippen molar-refractivity contribution in [1.29, 1.82) is 0 Å². The van der Waals surface area contributed by atoms with Gasteiger partial charge in [-0.25, -0.2) is 15.0 Å². The molecule has 0 unspecified atom stereocenters. The fraction of sp³-hybridized carbons (Fsp3) is 0.0217. The van der Waals surface area contributed by atoms with Gasteiger partial charge in [0, 0.05) is 16.7 Å². The van der Waals surface area contributed by atoms with Crippen LogP contribution in [0.1, 0.15) is 5.56 Å². The zero-order valence-electron chi connectivity index (χ0n) is 27.0. The molecule has 3 heteroatoms. The molecular formula is C46H31N3. The number of fused-ring (bicyclic) bond motifs is 5. The first-order chi connectivity index (χ1) is 24.2. The highest BCUT2D eigenvalue weighted by atomic mass is 15.0. The van der Waals surface area contributed by atoms with Gasteiger partial charge in [-0.3, -0.25) is 0 Å². The van der Waals surface area contributed by atoms with E-state index in [-0.39, 0.29) is 0 Å². The smallest absolute Gasteiger partial charge is 0.164 e. The molecule has 0 fully saturated rings. The molecule has 0 aliphatic carbocycles. The molecular weight excluding hydrogens is 595 g/mol. The SMILES string of the molecule is Cc1ccc(-c2cc(-c3nc(-c4ccccc4)nc(-c4ccccc4)n3)cc(-c3cc4c5ccccc5ccc4c4ccccc34)c2)cc1. The average molecular weight is 626 g/mol. The lowest BCUT2D eigenvalue weighted by atomic mass is 9.89. The van der Waals surface area contributed by atoms with Crippen molar-refractivity contribution in [3.05, 3.63) is 175 Å². The molecule has 1 heterocycles. The molecule has 9 rings (SSSR count). The van der Waals surface area contributed by atoms with Gasteiger partial charge in [-0.15, -0.1) is 0 Å². The molecule has 8 aromatic carbocycles. The Morgan fingerprint density at radius 3 is 1.49 bits per heavy atom. The van der Waals surface area contributed by atoms with Crippen molar-refractivity contribution in [3.63, 3.8) is 0 Å². The van der Waals surface area contributed by atoms with E-state index in [1.807, 2.05) is 60.7 Å². The Morgan fingerprint density at radius 2 is 0.816 bits per heavy atom. The van der Waals surface area contributed by atoms with Crippen LogP contribution in [0.25, 0.3) is 88.7 Å². The topological polar surface area (TPSA) is 38.7 Å². The molecule has 3 nitrogen and oxygen atoms in total. The van der Waals surface area contributed by atoms with Crippen molar-refractivity contribution in [2.75, 3.05) is 0 Å². The maximum absolute atomic E-state index is 5.11. The van der Waals surface area contributed by atoms with Gasteiger partial charge in [0.05, 0.1) is 0 Å². The molecule has 1 aromatic heterocycles. The fourth-order valence-electron chi connectivity index (χ4n) is 6.86. The third-order valence-electron chi connectivity index (χ3n) is 9.35. The van der Waals surface area contributed by atoms with Gasteiger partial charge in [-0.2, -0.15) is 0 Å². The number of benzene rings is 8. The largest absolute Gasteiger partial charge is 0.208 e. The summed E-state index contributed by atoms with van der Waals surface area (Å²) in [5, 5.41) is 7.43. The van der Waals surface area contributed by atoms with Crippen molar-refractivity contribution in [2.24, 2.45) is 0 Å². The summed E-state index contributed by atoms with van der Waals surface area (Å²) in [5.74, 6) is 1.93. The number of hydrogen-bond acceptors (Lipinski definition) is 3. The summed E-state index contributed by atoms with van der Waals surface area (Å²) >= 11 is 0.